The largest absolute Gasteiger partial charge is 0.394 e. The van der Waals surface area contributed by atoms with Crippen LogP contribution in [0.3, 0.4) is 0 Å². The Morgan fingerprint density at radius 3 is 1.81 bits per heavy atom. The lowest BCUT2D eigenvalue weighted by Gasteiger charge is -2.18. The van der Waals surface area contributed by atoms with Crippen molar-refractivity contribution >= 4 is 0 Å². The van der Waals surface area contributed by atoms with Crippen LogP contribution in [0.25, 0.3) is 0 Å². The first-order valence-corrected chi connectivity index (χ1v) is 7.27. The molecule has 2 N–H and O–H groups in total. The molecule has 7 nitrogen and oxygen atoms in total. The molecule has 0 aliphatic rings. The van der Waals surface area contributed by atoms with Crippen LogP contribution in [0.5, 0.6) is 0 Å². The molecule has 0 amide bonds. The van der Waals surface area contributed by atoms with Crippen molar-refractivity contribution < 1.29 is 33.9 Å². The van der Waals surface area contributed by atoms with Crippen molar-refractivity contribution in [1.82, 2.24) is 0 Å². The maximum Gasteiger partial charge on any atom is 0.104 e. The Bertz CT molecular complexity index is 215. The van der Waals surface area contributed by atoms with Crippen LogP contribution in [-0.4, -0.2) is 88.5 Å². The Morgan fingerprint density at radius 2 is 1.29 bits per heavy atom. The fourth-order valence-electron chi connectivity index (χ4n) is 1.42. The zero-order chi connectivity index (χ0) is 15.9. The maximum atomic E-state index is 8.82. The van der Waals surface area contributed by atoms with E-state index in [2.05, 4.69) is 0 Å². The third-order valence-electron chi connectivity index (χ3n) is 2.64. The van der Waals surface area contributed by atoms with Crippen molar-refractivity contribution in [2.24, 2.45) is 0 Å². The Labute approximate surface area is 127 Å². The van der Waals surface area contributed by atoms with E-state index in [0.29, 0.717) is 39.6 Å². The molecule has 0 heterocycles. The summed E-state index contributed by atoms with van der Waals surface area (Å²) in [5, 5.41) is 17.6. The summed E-state index contributed by atoms with van der Waals surface area (Å²) in [7, 11) is 1.60. The highest BCUT2D eigenvalue weighted by Gasteiger charge is 2.10. The minimum atomic E-state index is -0.184. The number of rotatable bonds is 15. The van der Waals surface area contributed by atoms with Gasteiger partial charge in [0.2, 0.25) is 0 Å². The smallest absolute Gasteiger partial charge is 0.104 e. The number of aliphatic hydroxyl groups is 2. The Balaban J connectivity index is 3.62. The standard InChI is InChI=1S/C14H30O7/c1-12(8-15)19-5-4-18-11-14(10-17-3)21-7-6-20-13(2)9-16/h12-16H,4-11H2,1-3H3. The summed E-state index contributed by atoms with van der Waals surface area (Å²) in [6.07, 6.45) is -0.528. The van der Waals surface area contributed by atoms with Crippen molar-refractivity contribution in [3.05, 3.63) is 0 Å². The quantitative estimate of drug-likeness (QED) is 0.406. The summed E-state index contributed by atoms with van der Waals surface area (Å²) in [6.45, 7) is 6.12. The molecular weight excluding hydrogens is 280 g/mol. The van der Waals surface area contributed by atoms with E-state index in [4.69, 9.17) is 33.9 Å². The third-order valence-corrected chi connectivity index (χ3v) is 2.64. The van der Waals surface area contributed by atoms with E-state index < -0.39 is 0 Å². The number of methoxy groups -OCH3 is 1. The van der Waals surface area contributed by atoms with Crippen LogP contribution < -0.4 is 0 Å². The van der Waals surface area contributed by atoms with Crippen molar-refractivity contribution in [3.8, 4) is 0 Å². The Morgan fingerprint density at radius 1 is 0.762 bits per heavy atom. The molecule has 0 aromatic rings. The van der Waals surface area contributed by atoms with Crippen LogP contribution in [0.2, 0.25) is 0 Å². The van der Waals surface area contributed by atoms with Gasteiger partial charge in [-0.2, -0.15) is 0 Å². The minimum absolute atomic E-state index is 0.00166. The number of aliphatic hydroxyl groups excluding tert-OH is 2. The highest BCUT2D eigenvalue weighted by atomic mass is 16.6. The van der Waals surface area contributed by atoms with Gasteiger partial charge in [-0.05, 0) is 13.8 Å². The van der Waals surface area contributed by atoms with Gasteiger partial charge < -0.3 is 33.9 Å². The molecule has 0 saturated heterocycles. The molecule has 0 bridgehead atoms. The molecule has 0 aliphatic heterocycles. The van der Waals surface area contributed by atoms with Gasteiger partial charge in [-0.1, -0.05) is 0 Å². The average molecular weight is 310 g/mol. The second kappa shape index (κ2) is 14.6. The molecule has 0 saturated carbocycles. The Kier molecular flexibility index (Phi) is 14.5. The molecule has 0 aromatic heterocycles. The summed E-state index contributed by atoms with van der Waals surface area (Å²) in [4.78, 5) is 0. The molecule has 0 rings (SSSR count). The minimum Gasteiger partial charge on any atom is -0.394 e. The van der Waals surface area contributed by atoms with E-state index in [-0.39, 0.29) is 31.5 Å². The van der Waals surface area contributed by atoms with Crippen LogP contribution in [-0.2, 0) is 23.7 Å². The average Bonchev–Trinajstić information content (AvgIpc) is 2.50. The van der Waals surface area contributed by atoms with Gasteiger partial charge in [0.25, 0.3) is 0 Å². The van der Waals surface area contributed by atoms with Crippen molar-refractivity contribution in [3.63, 3.8) is 0 Å². The van der Waals surface area contributed by atoms with Crippen LogP contribution in [0, 0.1) is 0 Å². The monoisotopic (exact) mass is 310 g/mol. The molecule has 0 aliphatic carbocycles. The summed E-state index contributed by atoms with van der Waals surface area (Å²) in [5.41, 5.74) is 0. The van der Waals surface area contributed by atoms with Crippen LogP contribution in [0.15, 0.2) is 0 Å². The van der Waals surface area contributed by atoms with E-state index in [1.807, 2.05) is 0 Å². The summed E-state index contributed by atoms with van der Waals surface area (Å²) < 4.78 is 26.7. The highest BCUT2D eigenvalue weighted by molar-refractivity contribution is 4.56. The topological polar surface area (TPSA) is 86.6 Å². The normalized spacial score (nSPS) is 15.9. The lowest BCUT2D eigenvalue weighted by atomic mass is 10.4. The van der Waals surface area contributed by atoms with Gasteiger partial charge in [0, 0.05) is 7.11 Å². The molecule has 0 aromatic carbocycles. The lowest BCUT2D eigenvalue weighted by molar-refractivity contribution is -0.0848. The highest BCUT2D eigenvalue weighted by Crippen LogP contribution is 1.97. The first kappa shape index (κ1) is 20.7. The van der Waals surface area contributed by atoms with Crippen LogP contribution in [0.4, 0.5) is 0 Å². The third kappa shape index (κ3) is 13.1. The molecule has 0 fully saturated rings. The van der Waals surface area contributed by atoms with Gasteiger partial charge in [0.15, 0.2) is 0 Å². The van der Waals surface area contributed by atoms with Gasteiger partial charge in [-0.15, -0.1) is 0 Å². The van der Waals surface area contributed by atoms with Crippen LogP contribution >= 0.6 is 0 Å². The molecule has 3 atom stereocenters. The second-order valence-electron chi connectivity index (χ2n) is 4.75. The number of hydrogen-bond donors (Lipinski definition) is 2. The Hall–Kier alpha value is -0.280. The molecular formula is C14H30O7. The van der Waals surface area contributed by atoms with E-state index in [9.17, 15) is 0 Å². The molecule has 7 heteroatoms. The summed E-state index contributed by atoms with van der Waals surface area (Å²) in [6, 6.07) is 0. The zero-order valence-corrected chi connectivity index (χ0v) is 13.3. The van der Waals surface area contributed by atoms with E-state index >= 15 is 0 Å². The summed E-state index contributed by atoms with van der Waals surface area (Å²) >= 11 is 0. The summed E-state index contributed by atoms with van der Waals surface area (Å²) in [5.74, 6) is 0. The molecule has 0 spiro atoms. The zero-order valence-electron chi connectivity index (χ0n) is 13.3. The van der Waals surface area contributed by atoms with E-state index in [1.165, 1.54) is 0 Å². The van der Waals surface area contributed by atoms with Crippen LogP contribution in [0.1, 0.15) is 13.8 Å². The SMILES string of the molecule is COCC(COCCOC(C)CO)OCCOC(C)CO. The van der Waals surface area contributed by atoms with Gasteiger partial charge in [0.1, 0.15) is 6.10 Å². The first-order valence-electron chi connectivity index (χ1n) is 7.27. The molecule has 0 radical (unpaired) electrons. The van der Waals surface area contributed by atoms with E-state index in [1.54, 1.807) is 21.0 Å². The maximum absolute atomic E-state index is 8.82. The van der Waals surface area contributed by atoms with Crippen molar-refractivity contribution in [2.75, 3.05) is 60.0 Å². The molecule has 128 valence electrons. The number of ether oxygens (including phenoxy) is 5. The number of hydrogen-bond acceptors (Lipinski definition) is 7. The van der Waals surface area contributed by atoms with Gasteiger partial charge in [-0.3, -0.25) is 0 Å². The second-order valence-corrected chi connectivity index (χ2v) is 4.75. The van der Waals surface area contributed by atoms with Crippen molar-refractivity contribution in [2.45, 2.75) is 32.2 Å². The predicted octanol–water partition coefficient (Wildman–Crippen LogP) is -0.171. The fourth-order valence-corrected chi connectivity index (χ4v) is 1.42. The van der Waals surface area contributed by atoms with Gasteiger partial charge in [-0.25, -0.2) is 0 Å². The van der Waals surface area contributed by atoms with Gasteiger partial charge in [0.05, 0.1) is 65.1 Å². The first-order chi connectivity index (χ1) is 10.1. The fraction of sp³-hybridized carbons (Fsp3) is 1.00. The van der Waals surface area contributed by atoms with E-state index in [0.717, 1.165) is 0 Å². The molecule has 3 unspecified atom stereocenters. The van der Waals surface area contributed by atoms with Crippen molar-refractivity contribution in [1.29, 1.82) is 0 Å². The molecule has 21 heavy (non-hydrogen) atoms. The lowest BCUT2D eigenvalue weighted by Crippen LogP contribution is -2.28. The predicted molar refractivity (Wildman–Crippen MR) is 77.4 cm³/mol. The van der Waals surface area contributed by atoms with Gasteiger partial charge >= 0.3 is 0 Å².